The zero-order valence-corrected chi connectivity index (χ0v) is 20.2. The van der Waals surface area contributed by atoms with E-state index in [2.05, 4.69) is 47.1 Å². The van der Waals surface area contributed by atoms with E-state index in [1.165, 1.54) is 5.56 Å². The maximum Gasteiger partial charge on any atom is 0.414 e. The Hall–Kier alpha value is -1.55. The van der Waals surface area contributed by atoms with E-state index in [0.717, 1.165) is 70.2 Å². The molecule has 0 atom stereocenters. The van der Waals surface area contributed by atoms with Crippen LogP contribution in [0.4, 0.5) is 11.4 Å². The van der Waals surface area contributed by atoms with Gasteiger partial charge in [0.1, 0.15) is 5.75 Å². The fraction of sp³-hybridized carbons (Fsp3) is 0.455. The maximum absolute atomic E-state index is 6.17. The number of nitrogens with zero attached hydrogens (tertiary/aromatic N) is 2. The summed E-state index contributed by atoms with van der Waals surface area (Å²) in [6.45, 7) is 5.46. The van der Waals surface area contributed by atoms with Gasteiger partial charge in [0.2, 0.25) is 0 Å². The minimum absolute atomic E-state index is 0.630. The topological polar surface area (TPSA) is 70.3 Å². The fourth-order valence-corrected chi connectivity index (χ4v) is 5.69. The summed E-state index contributed by atoms with van der Waals surface area (Å²) >= 11 is 5.81. The lowest BCUT2D eigenvalue weighted by Crippen LogP contribution is -2.45. The highest BCUT2D eigenvalue weighted by molar-refractivity contribution is 8.07. The average molecular weight is 478 g/mol. The second-order valence-corrected chi connectivity index (χ2v) is 10.5. The van der Waals surface area contributed by atoms with Gasteiger partial charge in [-0.1, -0.05) is 19.1 Å². The molecule has 0 aliphatic carbocycles. The molecule has 2 fully saturated rings. The molecule has 10 heteroatoms. The quantitative estimate of drug-likeness (QED) is 0.472. The molecule has 4 rings (SSSR count). The number of hydrogen-bond acceptors (Lipinski definition) is 9. The first-order valence-corrected chi connectivity index (χ1v) is 13.7. The van der Waals surface area contributed by atoms with Crippen molar-refractivity contribution in [3.63, 3.8) is 0 Å². The third-order valence-corrected chi connectivity index (χ3v) is 7.23. The van der Waals surface area contributed by atoms with Gasteiger partial charge in [-0.15, -0.1) is 0 Å². The van der Waals surface area contributed by atoms with Crippen LogP contribution >= 0.6 is 6.72 Å². The Labute approximate surface area is 195 Å². The number of piperazine rings is 2. The van der Waals surface area contributed by atoms with Gasteiger partial charge >= 0.3 is 6.72 Å². The van der Waals surface area contributed by atoms with E-state index in [9.17, 15) is 0 Å². The summed E-state index contributed by atoms with van der Waals surface area (Å²) in [5.41, 5.74) is 3.34. The molecule has 0 radical (unpaired) electrons. The monoisotopic (exact) mass is 477 g/mol. The van der Waals surface area contributed by atoms with Crippen LogP contribution in [0, 0.1) is 0 Å². The zero-order chi connectivity index (χ0) is 22.2. The summed E-state index contributed by atoms with van der Waals surface area (Å²) in [5, 5.41) is 13.8. The van der Waals surface area contributed by atoms with E-state index in [1.54, 1.807) is 0 Å². The molecule has 8 nitrogen and oxygen atoms in total. The molecular formula is C22H32N5O3PS. The van der Waals surface area contributed by atoms with Crippen LogP contribution in [0.25, 0.3) is 0 Å². The molecule has 2 aromatic rings. The van der Waals surface area contributed by atoms with Crippen molar-refractivity contribution in [3.05, 3.63) is 54.1 Å². The summed E-state index contributed by atoms with van der Waals surface area (Å²) in [6.07, 6.45) is 1.03. The van der Waals surface area contributed by atoms with Crippen LogP contribution in [0.3, 0.4) is 0 Å². The predicted octanol–water partition coefficient (Wildman–Crippen LogP) is 3.27. The molecule has 0 bridgehead atoms. The molecule has 174 valence electrons. The van der Waals surface area contributed by atoms with Crippen LogP contribution in [0.2, 0.25) is 0 Å². The third-order valence-electron chi connectivity index (χ3n) is 5.31. The van der Waals surface area contributed by atoms with Crippen molar-refractivity contribution in [1.29, 1.82) is 0 Å². The van der Waals surface area contributed by atoms with Crippen molar-refractivity contribution >= 4 is 29.9 Å². The van der Waals surface area contributed by atoms with Crippen molar-refractivity contribution in [2.24, 2.45) is 0 Å². The Balaban J connectivity index is 1.42. The minimum atomic E-state index is -3.06. The Morgan fingerprint density at radius 3 is 1.75 bits per heavy atom. The lowest BCUT2D eigenvalue weighted by molar-refractivity contribution is -0.130. The van der Waals surface area contributed by atoms with Crippen LogP contribution in [0.1, 0.15) is 12.5 Å². The first-order chi connectivity index (χ1) is 15.6. The van der Waals surface area contributed by atoms with Crippen LogP contribution in [0.5, 0.6) is 5.75 Å². The Morgan fingerprint density at radius 2 is 1.28 bits per heavy atom. The molecule has 0 aromatic heterocycles. The maximum atomic E-state index is 6.17. The summed E-state index contributed by atoms with van der Waals surface area (Å²) in [4.78, 5) is 0. The van der Waals surface area contributed by atoms with E-state index >= 15 is 0 Å². The molecule has 3 N–H and O–H groups in total. The highest BCUT2D eigenvalue weighted by atomic mass is 32.5. The number of hydroxylamine groups is 4. The zero-order valence-electron chi connectivity index (χ0n) is 18.5. The number of benzene rings is 2. The SMILES string of the molecule is CCc1ccc(Nc2ccc(OP(=S)(ON3CCNCC3)ON3CCNCC3)cc2)cc1. The third kappa shape index (κ3) is 6.97. The van der Waals surface area contributed by atoms with E-state index in [4.69, 9.17) is 25.6 Å². The van der Waals surface area contributed by atoms with Crippen molar-refractivity contribution in [2.75, 3.05) is 57.7 Å². The Bertz CT molecular complexity index is 863. The largest absolute Gasteiger partial charge is 0.422 e. The number of anilines is 2. The van der Waals surface area contributed by atoms with Gasteiger partial charge in [0.15, 0.2) is 0 Å². The highest BCUT2D eigenvalue weighted by Crippen LogP contribution is 2.51. The molecule has 2 heterocycles. The Kier molecular flexibility index (Phi) is 8.51. The van der Waals surface area contributed by atoms with E-state index in [1.807, 2.05) is 34.4 Å². The van der Waals surface area contributed by atoms with Crippen LogP contribution in [0.15, 0.2) is 48.5 Å². The fourth-order valence-electron chi connectivity index (χ4n) is 3.50. The molecule has 0 saturated carbocycles. The lowest BCUT2D eigenvalue weighted by atomic mass is 10.1. The molecule has 0 spiro atoms. The standard InChI is InChI=1S/C22H32N5O3PS/c1-2-19-3-5-20(6-4-19)25-21-7-9-22(10-8-21)28-31(32,29-26-15-11-23-12-16-26)30-27-17-13-24-14-18-27/h3-10,23-25H,2,11-18H2,1H3. The summed E-state index contributed by atoms with van der Waals surface area (Å²) < 4.78 is 18.4. The van der Waals surface area contributed by atoms with E-state index in [-0.39, 0.29) is 0 Å². The minimum Gasteiger partial charge on any atom is -0.422 e. The second-order valence-electron chi connectivity index (χ2n) is 7.76. The molecule has 2 aliphatic heterocycles. The molecule has 0 unspecified atom stereocenters. The molecule has 2 aromatic carbocycles. The lowest BCUT2D eigenvalue weighted by Gasteiger charge is -2.35. The highest BCUT2D eigenvalue weighted by Gasteiger charge is 2.31. The van der Waals surface area contributed by atoms with Crippen LogP contribution in [-0.4, -0.2) is 62.5 Å². The smallest absolute Gasteiger partial charge is 0.414 e. The molecule has 32 heavy (non-hydrogen) atoms. The van der Waals surface area contributed by atoms with Gasteiger partial charge in [0.25, 0.3) is 0 Å². The molecular weight excluding hydrogens is 445 g/mol. The van der Waals surface area contributed by atoms with Gasteiger partial charge in [-0.05, 0) is 48.4 Å². The molecule has 2 saturated heterocycles. The summed E-state index contributed by atoms with van der Waals surface area (Å²) in [6, 6.07) is 16.2. The van der Waals surface area contributed by atoms with Gasteiger partial charge < -0.3 is 20.5 Å². The van der Waals surface area contributed by atoms with Crippen molar-refractivity contribution in [3.8, 4) is 5.75 Å². The van der Waals surface area contributed by atoms with Gasteiger partial charge in [-0.2, -0.15) is 10.1 Å². The molecule has 0 amide bonds. The molecule has 2 aliphatic rings. The summed E-state index contributed by atoms with van der Waals surface area (Å²) in [7, 11) is 0. The Morgan fingerprint density at radius 1 is 0.812 bits per heavy atom. The number of nitrogens with one attached hydrogen (secondary N) is 3. The van der Waals surface area contributed by atoms with Crippen molar-refractivity contribution in [1.82, 2.24) is 20.8 Å². The van der Waals surface area contributed by atoms with Gasteiger partial charge in [-0.3, -0.25) is 0 Å². The number of rotatable bonds is 9. The van der Waals surface area contributed by atoms with Crippen molar-refractivity contribution < 1.29 is 13.8 Å². The second kappa shape index (κ2) is 11.5. The van der Waals surface area contributed by atoms with Crippen LogP contribution < -0.4 is 20.5 Å². The predicted molar refractivity (Wildman–Crippen MR) is 132 cm³/mol. The average Bonchev–Trinajstić information content (AvgIpc) is 2.82. The van der Waals surface area contributed by atoms with Crippen LogP contribution in [-0.2, 0) is 27.5 Å². The first-order valence-electron chi connectivity index (χ1n) is 11.2. The summed E-state index contributed by atoms with van der Waals surface area (Å²) in [5.74, 6) is 0.630. The van der Waals surface area contributed by atoms with Gasteiger partial charge in [0.05, 0.1) is 0 Å². The van der Waals surface area contributed by atoms with E-state index in [0.29, 0.717) is 5.75 Å². The number of aryl methyl sites for hydroxylation is 1. The first kappa shape index (κ1) is 23.6. The van der Waals surface area contributed by atoms with Crippen molar-refractivity contribution in [2.45, 2.75) is 13.3 Å². The van der Waals surface area contributed by atoms with E-state index < -0.39 is 6.72 Å². The van der Waals surface area contributed by atoms with Gasteiger partial charge in [-0.25, -0.2) is 9.25 Å². The number of hydrogen-bond donors (Lipinski definition) is 3. The normalized spacial score (nSPS) is 18.4. The van der Waals surface area contributed by atoms with Gasteiger partial charge in [0, 0.05) is 75.5 Å².